The maximum atomic E-state index is 13.0. The number of aryl methyl sites for hydroxylation is 1. The van der Waals surface area contributed by atoms with Gasteiger partial charge in [-0.1, -0.05) is 31.9 Å². The smallest absolute Gasteiger partial charge is 0.127 e. The van der Waals surface area contributed by atoms with Gasteiger partial charge in [0.2, 0.25) is 0 Å². The topological polar surface area (TPSA) is 0 Å². The van der Waals surface area contributed by atoms with Gasteiger partial charge in [0.15, 0.2) is 0 Å². The highest BCUT2D eigenvalue weighted by Crippen LogP contribution is 2.10. The molecule has 1 aromatic carbocycles. The summed E-state index contributed by atoms with van der Waals surface area (Å²) in [6, 6.07) is 7.70. The van der Waals surface area contributed by atoms with Crippen LogP contribution in [-0.2, 0) is 6.42 Å². The molecular formula is C11H14F. The fourth-order valence-electron chi connectivity index (χ4n) is 1.21. The minimum absolute atomic E-state index is 0.117. The number of hydrogen-bond donors (Lipinski definition) is 0. The molecule has 0 saturated heterocycles. The number of rotatable bonds is 4. The summed E-state index contributed by atoms with van der Waals surface area (Å²) >= 11 is 0. The van der Waals surface area contributed by atoms with Crippen molar-refractivity contribution in [3.63, 3.8) is 0 Å². The van der Waals surface area contributed by atoms with E-state index in [2.05, 4.69) is 13.0 Å². The van der Waals surface area contributed by atoms with E-state index in [4.69, 9.17) is 0 Å². The molecule has 12 heavy (non-hydrogen) atoms. The number of unbranched alkanes of at least 4 members (excludes halogenated alkanes) is 2. The van der Waals surface area contributed by atoms with Gasteiger partial charge in [-0.2, -0.15) is 0 Å². The second-order valence-electron chi connectivity index (χ2n) is 2.97. The first-order chi connectivity index (χ1) is 5.84. The van der Waals surface area contributed by atoms with Crippen molar-refractivity contribution in [3.8, 4) is 0 Å². The van der Waals surface area contributed by atoms with E-state index in [1.165, 1.54) is 18.9 Å². The molecule has 1 rings (SSSR count). The summed E-state index contributed by atoms with van der Waals surface area (Å²) in [7, 11) is 0. The maximum absolute atomic E-state index is 13.0. The Morgan fingerprint density at radius 3 is 2.92 bits per heavy atom. The van der Waals surface area contributed by atoms with Gasteiger partial charge in [0.25, 0.3) is 0 Å². The second kappa shape index (κ2) is 4.91. The van der Waals surface area contributed by atoms with Crippen LogP contribution < -0.4 is 0 Å². The van der Waals surface area contributed by atoms with Crippen LogP contribution in [0.5, 0.6) is 0 Å². The van der Waals surface area contributed by atoms with E-state index in [0.717, 1.165) is 18.4 Å². The summed E-state index contributed by atoms with van der Waals surface area (Å²) in [6.45, 7) is 2.15. The fraction of sp³-hybridized carbons (Fsp3) is 0.455. The minimum atomic E-state index is -0.117. The molecule has 0 aliphatic heterocycles. The first-order valence-corrected chi connectivity index (χ1v) is 4.49. The largest absolute Gasteiger partial charge is 0.207 e. The van der Waals surface area contributed by atoms with Crippen molar-refractivity contribution in [3.05, 3.63) is 35.6 Å². The summed E-state index contributed by atoms with van der Waals surface area (Å²) in [4.78, 5) is 0. The van der Waals surface area contributed by atoms with Crippen molar-refractivity contribution in [2.24, 2.45) is 0 Å². The predicted molar refractivity (Wildman–Crippen MR) is 48.5 cm³/mol. The van der Waals surface area contributed by atoms with Gasteiger partial charge in [-0.05, 0) is 30.5 Å². The van der Waals surface area contributed by atoms with Crippen molar-refractivity contribution in [1.29, 1.82) is 0 Å². The Morgan fingerprint density at radius 2 is 2.25 bits per heavy atom. The van der Waals surface area contributed by atoms with E-state index < -0.39 is 0 Å². The van der Waals surface area contributed by atoms with Gasteiger partial charge >= 0.3 is 0 Å². The Hall–Kier alpha value is -0.850. The van der Waals surface area contributed by atoms with Crippen LogP contribution in [-0.4, -0.2) is 0 Å². The Morgan fingerprint density at radius 1 is 1.42 bits per heavy atom. The summed E-state index contributed by atoms with van der Waals surface area (Å²) in [5, 5.41) is 0. The van der Waals surface area contributed by atoms with Crippen LogP contribution in [0.25, 0.3) is 0 Å². The molecule has 0 spiro atoms. The molecule has 0 bridgehead atoms. The van der Waals surface area contributed by atoms with Crippen LogP contribution in [0.1, 0.15) is 31.7 Å². The SMILES string of the molecule is CCCCCc1cc[c]cc1F. The summed E-state index contributed by atoms with van der Waals surface area (Å²) < 4.78 is 13.0. The van der Waals surface area contributed by atoms with Crippen LogP contribution >= 0.6 is 0 Å². The average Bonchev–Trinajstić information content (AvgIpc) is 2.09. The highest BCUT2D eigenvalue weighted by molar-refractivity contribution is 5.16. The molecular weight excluding hydrogens is 151 g/mol. The van der Waals surface area contributed by atoms with Gasteiger partial charge < -0.3 is 0 Å². The van der Waals surface area contributed by atoms with Gasteiger partial charge in [-0.15, -0.1) is 0 Å². The van der Waals surface area contributed by atoms with Crippen molar-refractivity contribution in [2.45, 2.75) is 32.6 Å². The zero-order valence-corrected chi connectivity index (χ0v) is 7.44. The maximum Gasteiger partial charge on any atom is 0.127 e. The van der Waals surface area contributed by atoms with E-state index in [9.17, 15) is 4.39 Å². The molecule has 0 fully saturated rings. The molecule has 0 N–H and O–H groups in total. The molecule has 1 heteroatoms. The minimum Gasteiger partial charge on any atom is -0.207 e. The summed E-state index contributed by atoms with van der Waals surface area (Å²) in [6.07, 6.45) is 4.30. The van der Waals surface area contributed by atoms with Crippen molar-refractivity contribution >= 4 is 0 Å². The van der Waals surface area contributed by atoms with Crippen LogP contribution in [0, 0.1) is 11.9 Å². The van der Waals surface area contributed by atoms with Crippen molar-refractivity contribution < 1.29 is 4.39 Å². The zero-order chi connectivity index (χ0) is 8.81. The molecule has 0 nitrogen and oxygen atoms in total. The summed E-state index contributed by atoms with van der Waals surface area (Å²) in [5.74, 6) is -0.117. The van der Waals surface area contributed by atoms with Gasteiger partial charge in [-0.25, -0.2) is 4.39 Å². The Balaban J connectivity index is 2.46. The molecule has 0 heterocycles. The molecule has 1 aromatic rings. The molecule has 0 aliphatic rings. The first kappa shape index (κ1) is 9.24. The average molecular weight is 165 g/mol. The molecule has 0 atom stereocenters. The monoisotopic (exact) mass is 165 g/mol. The van der Waals surface area contributed by atoms with Gasteiger partial charge in [0.1, 0.15) is 5.82 Å². The van der Waals surface area contributed by atoms with Crippen LogP contribution in [0.4, 0.5) is 4.39 Å². The third-order valence-electron chi connectivity index (χ3n) is 1.95. The molecule has 0 aliphatic carbocycles. The second-order valence-corrected chi connectivity index (χ2v) is 2.97. The molecule has 65 valence electrons. The summed E-state index contributed by atoms with van der Waals surface area (Å²) in [5.41, 5.74) is 0.821. The third kappa shape index (κ3) is 2.65. The predicted octanol–water partition coefficient (Wildman–Crippen LogP) is 3.36. The van der Waals surface area contributed by atoms with Crippen LogP contribution in [0.3, 0.4) is 0 Å². The zero-order valence-electron chi connectivity index (χ0n) is 7.44. The normalized spacial score (nSPS) is 10.2. The lowest BCUT2D eigenvalue weighted by Crippen LogP contribution is -1.89. The fourth-order valence-corrected chi connectivity index (χ4v) is 1.21. The molecule has 1 radical (unpaired) electrons. The highest BCUT2D eigenvalue weighted by atomic mass is 19.1. The molecule has 0 amide bonds. The van der Waals surface area contributed by atoms with Gasteiger partial charge in [0.05, 0.1) is 0 Å². The lowest BCUT2D eigenvalue weighted by molar-refractivity contribution is 0.598. The quantitative estimate of drug-likeness (QED) is 0.600. The lowest BCUT2D eigenvalue weighted by Gasteiger charge is -2.00. The van der Waals surface area contributed by atoms with Gasteiger partial charge in [-0.3, -0.25) is 0 Å². The Kier molecular flexibility index (Phi) is 3.78. The van der Waals surface area contributed by atoms with E-state index in [0.29, 0.717) is 0 Å². The number of hydrogen-bond acceptors (Lipinski definition) is 0. The van der Waals surface area contributed by atoms with Crippen molar-refractivity contribution in [1.82, 2.24) is 0 Å². The lowest BCUT2D eigenvalue weighted by atomic mass is 10.1. The third-order valence-corrected chi connectivity index (χ3v) is 1.95. The molecule has 0 aromatic heterocycles. The molecule has 0 unspecified atom stereocenters. The van der Waals surface area contributed by atoms with E-state index in [1.807, 2.05) is 6.07 Å². The van der Waals surface area contributed by atoms with E-state index >= 15 is 0 Å². The van der Waals surface area contributed by atoms with Crippen LogP contribution in [0.2, 0.25) is 0 Å². The number of halogens is 1. The van der Waals surface area contributed by atoms with Gasteiger partial charge in [0, 0.05) is 0 Å². The number of benzene rings is 1. The Bertz CT molecular complexity index is 230. The van der Waals surface area contributed by atoms with Crippen molar-refractivity contribution in [2.75, 3.05) is 0 Å². The highest BCUT2D eigenvalue weighted by Gasteiger charge is 1.98. The van der Waals surface area contributed by atoms with E-state index in [-0.39, 0.29) is 5.82 Å². The Labute approximate surface area is 73.4 Å². The van der Waals surface area contributed by atoms with E-state index in [1.54, 1.807) is 6.07 Å². The first-order valence-electron chi connectivity index (χ1n) is 4.49. The van der Waals surface area contributed by atoms with Crippen LogP contribution in [0.15, 0.2) is 18.2 Å². The standard InChI is InChI=1S/C11H14F/c1-2-3-4-7-10-8-5-6-9-11(10)12/h5,8-9H,2-4,7H2,1H3. The molecule has 0 saturated carbocycles.